The summed E-state index contributed by atoms with van der Waals surface area (Å²) >= 11 is 0. The molecule has 6 nitrogen and oxygen atoms in total. The highest BCUT2D eigenvalue weighted by molar-refractivity contribution is 5.97. The van der Waals surface area contributed by atoms with E-state index < -0.39 is 5.97 Å². The number of hydrogen-bond donors (Lipinski definition) is 0. The van der Waals surface area contributed by atoms with Crippen LogP contribution in [0, 0.1) is 0 Å². The predicted molar refractivity (Wildman–Crippen MR) is 97.0 cm³/mol. The Bertz CT molecular complexity index is 739. The van der Waals surface area contributed by atoms with Crippen molar-refractivity contribution in [2.24, 2.45) is 0 Å². The van der Waals surface area contributed by atoms with Gasteiger partial charge in [-0.2, -0.15) is 0 Å². The van der Waals surface area contributed by atoms with Gasteiger partial charge in [-0.3, -0.25) is 0 Å². The van der Waals surface area contributed by atoms with Crippen LogP contribution in [0.5, 0.6) is 11.5 Å². The number of carbonyl (C=O) groups is 1. The summed E-state index contributed by atoms with van der Waals surface area (Å²) in [5.41, 5.74) is 2.16. The van der Waals surface area contributed by atoms with Gasteiger partial charge in [-0.25, -0.2) is 4.79 Å². The van der Waals surface area contributed by atoms with Crippen molar-refractivity contribution in [2.45, 2.75) is 0 Å². The normalized spacial score (nSPS) is 11.1. The number of hydrogen-bond acceptors (Lipinski definition) is 6. The summed E-state index contributed by atoms with van der Waals surface area (Å²) in [5.74, 6) is 0.665. The monoisotopic (exact) mass is 358 g/mol. The largest absolute Gasteiger partial charge is 0.468 e. The molecule has 0 spiro atoms. The number of benzene rings is 2. The first-order chi connectivity index (χ1) is 12.7. The lowest BCUT2D eigenvalue weighted by Gasteiger charge is -2.16. The third kappa shape index (κ3) is 5.34. The fraction of sp³-hybridized carbons (Fsp3) is 0.250. The van der Waals surface area contributed by atoms with E-state index in [4.69, 9.17) is 23.7 Å². The molecular weight excluding hydrogens is 336 g/mol. The van der Waals surface area contributed by atoms with E-state index in [9.17, 15) is 4.79 Å². The molecule has 138 valence electrons. The lowest BCUT2D eigenvalue weighted by molar-refractivity contribution is -0.134. The van der Waals surface area contributed by atoms with Crippen molar-refractivity contribution >= 4 is 11.5 Å². The van der Waals surface area contributed by atoms with E-state index in [1.807, 2.05) is 30.3 Å². The molecule has 0 atom stereocenters. The maximum absolute atomic E-state index is 11.9. The molecule has 0 heterocycles. The number of ether oxygens (including phenoxy) is 5. The quantitative estimate of drug-likeness (QED) is 0.389. The lowest BCUT2D eigenvalue weighted by atomic mass is 9.96. The Morgan fingerprint density at radius 3 is 2.27 bits per heavy atom. The standard InChI is InChI=1S/C20H22O6/c1-22-13-25-16-9-10-19(26-14-23-2)18(11-16)17(12-20(21)24-3)15-7-5-4-6-8-15/h4-12H,13-14H2,1-3H3/b17-12+. The van der Waals surface area contributed by atoms with Gasteiger partial charge in [0.2, 0.25) is 0 Å². The van der Waals surface area contributed by atoms with Crippen LogP contribution < -0.4 is 9.47 Å². The summed E-state index contributed by atoms with van der Waals surface area (Å²) in [7, 11) is 4.42. The molecule has 0 aliphatic rings. The first-order valence-electron chi connectivity index (χ1n) is 7.92. The molecule has 26 heavy (non-hydrogen) atoms. The molecule has 2 rings (SSSR count). The Morgan fingerprint density at radius 1 is 0.923 bits per heavy atom. The van der Waals surface area contributed by atoms with E-state index in [1.165, 1.54) is 20.3 Å². The Hall–Kier alpha value is -2.83. The van der Waals surface area contributed by atoms with Gasteiger partial charge in [-0.05, 0) is 29.3 Å². The highest BCUT2D eigenvalue weighted by Gasteiger charge is 2.15. The molecule has 6 heteroatoms. The van der Waals surface area contributed by atoms with E-state index in [1.54, 1.807) is 25.3 Å². The van der Waals surface area contributed by atoms with Gasteiger partial charge in [0.25, 0.3) is 0 Å². The van der Waals surface area contributed by atoms with Gasteiger partial charge in [0.15, 0.2) is 13.6 Å². The van der Waals surface area contributed by atoms with Gasteiger partial charge in [0.1, 0.15) is 11.5 Å². The molecule has 2 aromatic carbocycles. The summed E-state index contributed by atoms with van der Waals surface area (Å²) < 4.78 is 25.9. The van der Waals surface area contributed by atoms with Crippen LogP contribution in [0.3, 0.4) is 0 Å². The summed E-state index contributed by atoms with van der Waals surface area (Å²) in [6, 6.07) is 14.8. The van der Waals surface area contributed by atoms with Crippen LogP contribution in [-0.4, -0.2) is 40.9 Å². The third-order valence-electron chi connectivity index (χ3n) is 3.47. The predicted octanol–water partition coefficient (Wildman–Crippen LogP) is 3.26. The summed E-state index contributed by atoms with van der Waals surface area (Å²) in [6.07, 6.45) is 1.42. The van der Waals surface area contributed by atoms with Crippen molar-refractivity contribution in [1.29, 1.82) is 0 Å². The van der Waals surface area contributed by atoms with Gasteiger partial charge in [-0.15, -0.1) is 0 Å². The number of methoxy groups -OCH3 is 3. The molecule has 2 aromatic rings. The van der Waals surface area contributed by atoms with Crippen molar-refractivity contribution in [1.82, 2.24) is 0 Å². The number of rotatable bonds is 9. The molecule has 0 N–H and O–H groups in total. The zero-order valence-electron chi connectivity index (χ0n) is 15.1. The Morgan fingerprint density at radius 2 is 1.62 bits per heavy atom. The highest BCUT2D eigenvalue weighted by Crippen LogP contribution is 2.34. The third-order valence-corrected chi connectivity index (χ3v) is 3.47. The molecule has 0 saturated carbocycles. The van der Waals surface area contributed by atoms with Crippen LogP contribution in [0.4, 0.5) is 0 Å². The van der Waals surface area contributed by atoms with E-state index in [0.29, 0.717) is 22.6 Å². The van der Waals surface area contributed by atoms with Crippen LogP contribution in [0.15, 0.2) is 54.6 Å². The van der Waals surface area contributed by atoms with E-state index in [0.717, 1.165) is 5.56 Å². The zero-order valence-corrected chi connectivity index (χ0v) is 15.1. The smallest absolute Gasteiger partial charge is 0.331 e. The van der Waals surface area contributed by atoms with Gasteiger partial charge in [0, 0.05) is 25.9 Å². The molecule has 0 aliphatic carbocycles. The summed E-state index contributed by atoms with van der Waals surface area (Å²) in [5, 5.41) is 0. The van der Waals surface area contributed by atoms with Gasteiger partial charge in [-0.1, -0.05) is 30.3 Å². The van der Waals surface area contributed by atoms with Crippen LogP contribution in [0.2, 0.25) is 0 Å². The van der Waals surface area contributed by atoms with Crippen LogP contribution >= 0.6 is 0 Å². The Labute approximate surface area is 152 Å². The van der Waals surface area contributed by atoms with Crippen LogP contribution in [-0.2, 0) is 19.0 Å². The van der Waals surface area contributed by atoms with E-state index in [-0.39, 0.29) is 13.6 Å². The lowest BCUT2D eigenvalue weighted by Crippen LogP contribution is -2.05. The molecule has 0 fully saturated rings. The van der Waals surface area contributed by atoms with Gasteiger partial charge >= 0.3 is 5.97 Å². The highest BCUT2D eigenvalue weighted by atomic mass is 16.7. The fourth-order valence-corrected chi connectivity index (χ4v) is 2.30. The maximum atomic E-state index is 11.9. The summed E-state index contributed by atoms with van der Waals surface area (Å²) in [6.45, 7) is 0.185. The van der Waals surface area contributed by atoms with Crippen molar-refractivity contribution in [2.75, 3.05) is 34.9 Å². The van der Waals surface area contributed by atoms with E-state index in [2.05, 4.69) is 0 Å². The minimum Gasteiger partial charge on any atom is -0.468 e. The molecule has 0 amide bonds. The molecule has 0 aliphatic heterocycles. The molecule has 0 unspecified atom stereocenters. The topological polar surface area (TPSA) is 63.2 Å². The second kappa shape index (κ2) is 10.2. The minimum atomic E-state index is -0.468. The van der Waals surface area contributed by atoms with Crippen molar-refractivity contribution in [3.8, 4) is 11.5 Å². The molecule has 0 aromatic heterocycles. The van der Waals surface area contributed by atoms with Crippen molar-refractivity contribution in [3.05, 3.63) is 65.7 Å². The van der Waals surface area contributed by atoms with Crippen LogP contribution in [0.25, 0.3) is 5.57 Å². The number of esters is 1. The van der Waals surface area contributed by atoms with Crippen molar-refractivity contribution in [3.63, 3.8) is 0 Å². The second-order valence-electron chi connectivity index (χ2n) is 5.21. The average Bonchev–Trinajstić information content (AvgIpc) is 2.69. The average molecular weight is 358 g/mol. The van der Waals surface area contributed by atoms with E-state index >= 15 is 0 Å². The van der Waals surface area contributed by atoms with Gasteiger partial charge in [0.05, 0.1) is 7.11 Å². The zero-order chi connectivity index (χ0) is 18.8. The van der Waals surface area contributed by atoms with Crippen molar-refractivity contribution < 1.29 is 28.5 Å². The maximum Gasteiger partial charge on any atom is 0.331 e. The molecule has 0 bridgehead atoms. The Kier molecular flexibility index (Phi) is 7.67. The number of carbonyl (C=O) groups excluding carboxylic acids is 1. The van der Waals surface area contributed by atoms with Gasteiger partial charge < -0.3 is 23.7 Å². The molecular formula is C20H22O6. The molecule has 0 radical (unpaired) electrons. The second-order valence-corrected chi connectivity index (χ2v) is 5.21. The Balaban J connectivity index is 2.55. The SMILES string of the molecule is COCOc1ccc(OCOC)c(/C(=C/C(=O)OC)c2ccccc2)c1. The van der Waals surface area contributed by atoms with Crippen LogP contribution in [0.1, 0.15) is 11.1 Å². The first-order valence-corrected chi connectivity index (χ1v) is 7.92. The summed E-state index contributed by atoms with van der Waals surface area (Å²) in [4.78, 5) is 11.9. The minimum absolute atomic E-state index is 0.0750. The molecule has 0 saturated heterocycles. The fourth-order valence-electron chi connectivity index (χ4n) is 2.30. The first kappa shape index (κ1) is 19.5.